The molecule has 0 fully saturated rings. The van der Waals surface area contributed by atoms with E-state index in [1.807, 2.05) is 44.2 Å². The summed E-state index contributed by atoms with van der Waals surface area (Å²) in [5.41, 5.74) is 3.60. The first-order valence-electron chi connectivity index (χ1n) is 7.40. The van der Waals surface area contributed by atoms with Gasteiger partial charge in [0.25, 0.3) is 5.56 Å². The normalized spacial score (nSPS) is 10.7. The molecule has 1 heterocycles. The highest BCUT2D eigenvalue weighted by Crippen LogP contribution is 2.13. The van der Waals surface area contributed by atoms with Gasteiger partial charge in [-0.2, -0.15) is 0 Å². The van der Waals surface area contributed by atoms with Crippen LogP contribution in [0.2, 0.25) is 0 Å². The summed E-state index contributed by atoms with van der Waals surface area (Å²) in [6, 6.07) is 14.7. The molecule has 0 atom stereocenters. The Morgan fingerprint density at radius 3 is 2.61 bits per heavy atom. The van der Waals surface area contributed by atoms with Crippen LogP contribution in [0, 0.1) is 13.8 Å². The van der Waals surface area contributed by atoms with Crippen molar-refractivity contribution in [2.75, 3.05) is 0 Å². The summed E-state index contributed by atoms with van der Waals surface area (Å²) in [6.07, 6.45) is 0. The van der Waals surface area contributed by atoms with Gasteiger partial charge in [-0.1, -0.05) is 24.3 Å². The molecule has 0 amide bonds. The Morgan fingerprint density at radius 2 is 1.83 bits per heavy atom. The van der Waals surface area contributed by atoms with Crippen LogP contribution in [0.25, 0.3) is 10.9 Å². The molecular formula is C19H17NO3. The number of fused-ring (bicyclic) bond motifs is 1. The summed E-state index contributed by atoms with van der Waals surface area (Å²) in [4.78, 5) is 26.9. The maximum absolute atomic E-state index is 12.1. The zero-order chi connectivity index (χ0) is 16.4. The third-order valence-corrected chi connectivity index (χ3v) is 3.93. The number of aromatic amines is 1. The van der Waals surface area contributed by atoms with Crippen LogP contribution in [0.3, 0.4) is 0 Å². The first kappa shape index (κ1) is 15.0. The second kappa shape index (κ2) is 6.08. The van der Waals surface area contributed by atoms with Gasteiger partial charge in [0.05, 0.1) is 11.1 Å². The number of H-pyrrole nitrogens is 1. The van der Waals surface area contributed by atoms with Crippen LogP contribution >= 0.6 is 0 Å². The van der Waals surface area contributed by atoms with E-state index in [0.29, 0.717) is 11.1 Å². The number of para-hydroxylation sites is 1. The number of aromatic nitrogens is 1. The summed E-state index contributed by atoms with van der Waals surface area (Å²) >= 11 is 0. The molecule has 3 aromatic rings. The van der Waals surface area contributed by atoms with Crippen molar-refractivity contribution in [2.45, 2.75) is 20.5 Å². The van der Waals surface area contributed by atoms with E-state index in [-0.39, 0.29) is 12.2 Å². The number of carbonyl (C=O) groups is 1. The van der Waals surface area contributed by atoms with Gasteiger partial charge in [-0.05, 0) is 54.6 Å². The molecule has 2 aromatic carbocycles. The number of nitrogens with one attached hydrogen (secondary N) is 1. The average Bonchev–Trinajstić information content (AvgIpc) is 2.55. The Hall–Kier alpha value is -2.88. The number of hydrogen-bond donors (Lipinski definition) is 1. The molecule has 0 aliphatic rings. The predicted molar refractivity (Wildman–Crippen MR) is 89.6 cm³/mol. The van der Waals surface area contributed by atoms with E-state index in [4.69, 9.17) is 4.74 Å². The van der Waals surface area contributed by atoms with Crippen molar-refractivity contribution < 1.29 is 9.53 Å². The van der Waals surface area contributed by atoms with Gasteiger partial charge in [0, 0.05) is 5.52 Å². The highest BCUT2D eigenvalue weighted by molar-refractivity contribution is 5.89. The number of rotatable bonds is 3. The lowest BCUT2D eigenvalue weighted by Gasteiger charge is -2.07. The molecule has 0 aliphatic carbocycles. The minimum Gasteiger partial charge on any atom is -0.457 e. The molecule has 0 bridgehead atoms. The average molecular weight is 307 g/mol. The molecule has 23 heavy (non-hydrogen) atoms. The molecule has 0 radical (unpaired) electrons. The van der Waals surface area contributed by atoms with Gasteiger partial charge in [-0.3, -0.25) is 4.79 Å². The van der Waals surface area contributed by atoms with Crippen LogP contribution in [-0.2, 0) is 11.3 Å². The van der Waals surface area contributed by atoms with Crippen molar-refractivity contribution in [2.24, 2.45) is 0 Å². The minimum absolute atomic E-state index is 0.0497. The fraction of sp³-hybridized carbons (Fsp3) is 0.158. The highest BCUT2D eigenvalue weighted by Gasteiger charge is 2.10. The van der Waals surface area contributed by atoms with Crippen LogP contribution < -0.4 is 5.56 Å². The van der Waals surface area contributed by atoms with Crippen LogP contribution in [0.15, 0.2) is 53.3 Å². The summed E-state index contributed by atoms with van der Waals surface area (Å²) in [7, 11) is 0. The van der Waals surface area contributed by atoms with E-state index in [9.17, 15) is 9.59 Å². The number of carbonyl (C=O) groups excluding carboxylic acids is 1. The monoisotopic (exact) mass is 307 g/mol. The lowest BCUT2D eigenvalue weighted by molar-refractivity contribution is 0.0471. The maximum atomic E-state index is 12.1. The predicted octanol–water partition coefficient (Wildman–Crippen LogP) is 3.50. The van der Waals surface area contributed by atoms with Crippen molar-refractivity contribution in [1.29, 1.82) is 0 Å². The molecule has 1 aromatic heterocycles. The minimum atomic E-state index is -0.430. The SMILES string of the molecule is Cc1ccc(C(=O)OCc2cc3ccccc3[nH]c2=O)cc1C. The molecular weight excluding hydrogens is 290 g/mol. The Morgan fingerprint density at radius 1 is 1.04 bits per heavy atom. The zero-order valence-corrected chi connectivity index (χ0v) is 13.1. The summed E-state index contributed by atoms with van der Waals surface area (Å²) in [5.74, 6) is -0.430. The molecule has 0 spiro atoms. The van der Waals surface area contributed by atoms with Gasteiger partial charge in [-0.15, -0.1) is 0 Å². The first-order chi connectivity index (χ1) is 11.0. The smallest absolute Gasteiger partial charge is 0.338 e. The molecule has 0 saturated heterocycles. The fourth-order valence-electron chi connectivity index (χ4n) is 2.39. The lowest BCUT2D eigenvalue weighted by atomic mass is 10.1. The lowest BCUT2D eigenvalue weighted by Crippen LogP contribution is -2.15. The van der Waals surface area contributed by atoms with Gasteiger partial charge in [0.1, 0.15) is 6.61 Å². The van der Waals surface area contributed by atoms with Crippen molar-refractivity contribution in [1.82, 2.24) is 4.98 Å². The quantitative estimate of drug-likeness (QED) is 0.753. The highest BCUT2D eigenvalue weighted by atomic mass is 16.5. The van der Waals surface area contributed by atoms with E-state index in [1.165, 1.54) is 0 Å². The van der Waals surface area contributed by atoms with E-state index < -0.39 is 5.97 Å². The standard InChI is InChI=1S/C19H17NO3/c1-12-7-8-15(9-13(12)2)19(22)23-11-16-10-14-5-3-4-6-17(14)20-18(16)21/h3-10H,11H2,1-2H3,(H,20,21). The Balaban J connectivity index is 1.80. The van der Waals surface area contributed by atoms with Gasteiger partial charge in [0.15, 0.2) is 0 Å². The third kappa shape index (κ3) is 3.16. The van der Waals surface area contributed by atoms with Gasteiger partial charge >= 0.3 is 5.97 Å². The number of ether oxygens (including phenoxy) is 1. The van der Waals surface area contributed by atoms with Crippen LogP contribution in [0.1, 0.15) is 27.0 Å². The fourth-order valence-corrected chi connectivity index (χ4v) is 2.39. The number of esters is 1. The van der Waals surface area contributed by atoms with Crippen molar-refractivity contribution in [3.05, 3.63) is 81.1 Å². The van der Waals surface area contributed by atoms with Crippen molar-refractivity contribution in [3.8, 4) is 0 Å². The second-order valence-electron chi connectivity index (χ2n) is 5.59. The third-order valence-electron chi connectivity index (χ3n) is 3.93. The Labute approximate surface area is 133 Å². The number of aryl methyl sites for hydroxylation is 2. The second-order valence-corrected chi connectivity index (χ2v) is 5.59. The Bertz CT molecular complexity index is 941. The van der Waals surface area contributed by atoms with Crippen molar-refractivity contribution in [3.63, 3.8) is 0 Å². The van der Waals surface area contributed by atoms with E-state index in [1.54, 1.807) is 18.2 Å². The summed E-state index contributed by atoms with van der Waals surface area (Å²) in [6.45, 7) is 3.88. The van der Waals surface area contributed by atoms with E-state index >= 15 is 0 Å². The molecule has 0 aliphatic heterocycles. The maximum Gasteiger partial charge on any atom is 0.338 e. The van der Waals surface area contributed by atoms with Crippen LogP contribution in [0.4, 0.5) is 0 Å². The molecule has 3 rings (SSSR count). The van der Waals surface area contributed by atoms with E-state index in [2.05, 4.69) is 4.98 Å². The molecule has 4 heteroatoms. The number of hydrogen-bond acceptors (Lipinski definition) is 3. The molecule has 1 N–H and O–H groups in total. The van der Waals surface area contributed by atoms with Gasteiger partial charge in [-0.25, -0.2) is 4.79 Å². The van der Waals surface area contributed by atoms with E-state index in [0.717, 1.165) is 22.0 Å². The van der Waals surface area contributed by atoms with Crippen molar-refractivity contribution >= 4 is 16.9 Å². The first-order valence-corrected chi connectivity index (χ1v) is 7.40. The largest absolute Gasteiger partial charge is 0.457 e. The Kier molecular flexibility index (Phi) is 3.98. The van der Waals surface area contributed by atoms with Gasteiger partial charge < -0.3 is 9.72 Å². The molecule has 4 nitrogen and oxygen atoms in total. The van der Waals surface area contributed by atoms with Crippen LogP contribution in [0.5, 0.6) is 0 Å². The topological polar surface area (TPSA) is 59.2 Å². The van der Waals surface area contributed by atoms with Gasteiger partial charge in [0.2, 0.25) is 0 Å². The number of pyridine rings is 1. The molecule has 116 valence electrons. The zero-order valence-electron chi connectivity index (χ0n) is 13.1. The molecule has 0 unspecified atom stereocenters. The molecule has 0 saturated carbocycles. The van der Waals surface area contributed by atoms with Crippen LogP contribution in [-0.4, -0.2) is 11.0 Å². The summed E-state index contributed by atoms with van der Waals surface area (Å²) < 4.78 is 5.28. The number of benzene rings is 2. The summed E-state index contributed by atoms with van der Waals surface area (Å²) in [5, 5.41) is 0.907.